The number of anilines is 1. The molecule has 30 heavy (non-hydrogen) atoms. The minimum atomic E-state index is -4.63. The monoisotopic (exact) mass is 439 g/mol. The molecule has 1 unspecified atom stereocenters. The number of hydrogen-bond acceptors (Lipinski definition) is 7. The predicted molar refractivity (Wildman–Crippen MR) is 102 cm³/mol. The highest BCUT2D eigenvalue weighted by molar-refractivity contribution is 7.13. The summed E-state index contributed by atoms with van der Waals surface area (Å²) in [5.41, 5.74) is -1.40. The largest absolute Gasteiger partial charge is 0.453 e. The molecule has 0 spiro atoms. The number of aromatic nitrogens is 2. The topological polar surface area (TPSA) is 94.3 Å². The van der Waals surface area contributed by atoms with Gasteiger partial charge in [0.05, 0.1) is 22.5 Å². The lowest BCUT2D eigenvalue weighted by Crippen LogP contribution is -2.30. The average Bonchev–Trinajstić information content (AvgIpc) is 3.37. The normalized spacial score (nSPS) is 12.4. The van der Waals surface area contributed by atoms with E-state index in [1.165, 1.54) is 30.4 Å². The molecule has 0 aliphatic rings. The number of benzene rings is 1. The van der Waals surface area contributed by atoms with Gasteiger partial charge in [0.25, 0.3) is 5.91 Å². The molecule has 7 nitrogen and oxygen atoms in total. The quantitative estimate of drug-likeness (QED) is 0.551. The maximum absolute atomic E-state index is 13.0. The number of halogens is 3. The van der Waals surface area contributed by atoms with E-state index in [0.717, 1.165) is 17.0 Å². The number of carbonyl (C=O) groups excluding carboxylic acids is 2. The molecule has 0 fully saturated rings. The molecular formula is C19H16F3N3O4S. The highest BCUT2D eigenvalue weighted by Crippen LogP contribution is 2.34. The first kappa shape index (κ1) is 21.5. The second-order valence-corrected chi connectivity index (χ2v) is 7.10. The van der Waals surface area contributed by atoms with Crippen molar-refractivity contribution in [1.29, 1.82) is 0 Å². The fourth-order valence-electron chi connectivity index (χ4n) is 2.45. The summed E-state index contributed by atoms with van der Waals surface area (Å²) in [6, 6.07) is 8.20. The molecule has 1 atom stereocenters. The summed E-state index contributed by atoms with van der Waals surface area (Å²) in [6.07, 6.45) is -5.95. The van der Waals surface area contributed by atoms with Crippen molar-refractivity contribution in [1.82, 2.24) is 10.1 Å². The van der Waals surface area contributed by atoms with E-state index in [-0.39, 0.29) is 18.7 Å². The molecule has 1 N–H and O–H groups in total. The van der Waals surface area contributed by atoms with Crippen LogP contribution in [0, 0.1) is 0 Å². The zero-order valence-corrected chi connectivity index (χ0v) is 16.4. The number of rotatable bonds is 7. The number of para-hydroxylation sites is 1. The first-order valence-electron chi connectivity index (χ1n) is 8.77. The Hall–Kier alpha value is -3.21. The van der Waals surface area contributed by atoms with E-state index in [4.69, 9.17) is 9.26 Å². The molecule has 0 aliphatic carbocycles. The van der Waals surface area contributed by atoms with Crippen LogP contribution in [-0.4, -0.2) is 28.1 Å². The number of alkyl halides is 3. The minimum Gasteiger partial charge on any atom is -0.453 e. The van der Waals surface area contributed by atoms with Crippen LogP contribution in [0.5, 0.6) is 0 Å². The van der Waals surface area contributed by atoms with Crippen LogP contribution in [0.2, 0.25) is 0 Å². The SMILES string of the molecule is CC(OC(=O)CCc1nc(-c2cccs2)no1)C(=O)Nc1ccccc1C(F)(F)F. The summed E-state index contributed by atoms with van der Waals surface area (Å²) in [7, 11) is 0. The van der Waals surface area contributed by atoms with E-state index in [0.29, 0.717) is 5.82 Å². The third kappa shape index (κ3) is 5.44. The average molecular weight is 439 g/mol. The predicted octanol–water partition coefficient (Wildman–Crippen LogP) is 4.32. The van der Waals surface area contributed by atoms with E-state index in [9.17, 15) is 22.8 Å². The maximum atomic E-state index is 13.0. The number of esters is 1. The van der Waals surface area contributed by atoms with Gasteiger partial charge in [0, 0.05) is 6.42 Å². The molecule has 2 aromatic heterocycles. The van der Waals surface area contributed by atoms with E-state index in [1.807, 2.05) is 17.5 Å². The molecule has 0 aliphatic heterocycles. The second kappa shape index (κ2) is 9.08. The molecular weight excluding hydrogens is 423 g/mol. The molecule has 1 amide bonds. The minimum absolute atomic E-state index is 0.0997. The molecule has 3 rings (SSSR count). The van der Waals surface area contributed by atoms with E-state index >= 15 is 0 Å². The van der Waals surface area contributed by atoms with Crippen molar-refractivity contribution >= 4 is 28.9 Å². The molecule has 158 valence electrons. The van der Waals surface area contributed by atoms with Crippen molar-refractivity contribution in [2.45, 2.75) is 32.0 Å². The number of ether oxygens (including phenoxy) is 1. The molecule has 3 aromatic rings. The Bertz CT molecular complexity index is 1020. The standard InChI is InChI=1S/C19H16F3N3O4S/c1-11(18(27)23-13-6-3-2-5-12(13)19(20,21)22)28-16(26)9-8-15-24-17(25-29-15)14-7-4-10-30-14/h2-7,10-11H,8-9H2,1H3,(H,23,27). The fourth-order valence-corrected chi connectivity index (χ4v) is 3.10. The number of hydrogen-bond donors (Lipinski definition) is 1. The first-order valence-corrected chi connectivity index (χ1v) is 9.65. The zero-order valence-electron chi connectivity index (χ0n) is 15.6. The summed E-state index contributed by atoms with van der Waals surface area (Å²) in [6.45, 7) is 1.27. The van der Waals surface area contributed by atoms with Crippen LogP contribution in [0.25, 0.3) is 10.7 Å². The van der Waals surface area contributed by atoms with Crippen LogP contribution in [-0.2, 0) is 26.9 Å². The Morgan fingerprint density at radius 2 is 2.00 bits per heavy atom. The van der Waals surface area contributed by atoms with Gasteiger partial charge in [-0.05, 0) is 30.5 Å². The van der Waals surface area contributed by atoms with Crippen LogP contribution >= 0.6 is 11.3 Å². The lowest BCUT2D eigenvalue weighted by molar-refractivity contribution is -0.153. The van der Waals surface area contributed by atoms with Gasteiger partial charge in [-0.3, -0.25) is 9.59 Å². The van der Waals surface area contributed by atoms with Gasteiger partial charge < -0.3 is 14.6 Å². The van der Waals surface area contributed by atoms with Gasteiger partial charge >= 0.3 is 12.1 Å². The van der Waals surface area contributed by atoms with Gasteiger partial charge in [0.1, 0.15) is 0 Å². The summed E-state index contributed by atoms with van der Waals surface area (Å²) < 4.78 is 49.1. The highest BCUT2D eigenvalue weighted by Gasteiger charge is 2.34. The molecule has 1 aromatic carbocycles. The Morgan fingerprint density at radius 1 is 1.23 bits per heavy atom. The molecule has 0 bridgehead atoms. The van der Waals surface area contributed by atoms with Gasteiger partial charge in [-0.25, -0.2) is 0 Å². The maximum Gasteiger partial charge on any atom is 0.418 e. The van der Waals surface area contributed by atoms with E-state index in [1.54, 1.807) is 0 Å². The Morgan fingerprint density at radius 3 is 2.70 bits per heavy atom. The van der Waals surface area contributed by atoms with Crippen LogP contribution in [0.15, 0.2) is 46.3 Å². The molecule has 2 heterocycles. The molecule has 0 saturated carbocycles. The number of amides is 1. The van der Waals surface area contributed by atoms with Gasteiger partial charge in [0.15, 0.2) is 6.10 Å². The number of thiophene rings is 1. The van der Waals surface area contributed by atoms with Gasteiger partial charge in [-0.15, -0.1) is 11.3 Å². The van der Waals surface area contributed by atoms with E-state index < -0.39 is 35.4 Å². The molecule has 11 heteroatoms. The van der Waals surface area contributed by atoms with Crippen molar-refractivity contribution in [2.75, 3.05) is 5.32 Å². The Kier molecular flexibility index (Phi) is 6.50. The van der Waals surface area contributed by atoms with Crippen molar-refractivity contribution < 1.29 is 32.0 Å². The van der Waals surface area contributed by atoms with Gasteiger partial charge in [-0.2, -0.15) is 18.2 Å². The van der Waals surface area contributed by atoms with Crippen LogP contribution < -0.4 is 5.32 Å². The fraction of sp³-hybridized carbons (Fsp3) is 0.263. The van der Waals surface area contributed by atoms with Crippen molar-refractivity contribution in [2.24, 2.45) is 0 Å². The Labute approximate surface area is 172 Å². The number of aryl methyl sites for hydroxylation is 1. The Balaban J connectivity index is 1.51. The second-order valence-electron chi connectivity index (χ2n) is 6.15. The van der Waals surface area contributed by atoms with E-state index in [2.05, 4.69) is 15.5 Å². The highest BCUT2D eigenvalue weighted by atomic mass is 32.1. The summed E-state index contributed by atoms with van der Waals surface area (Å²) in [5.74, 6) is -0.966. The lowest BCUT2D eigenvalue weighted by atomic mass is 10.1. The van der Waals surface area contributed by atoms with Crippen molar-refractivity contribution in [3.8, 4) is 10.7 Å². The summed E-state index contributed by atoms with van der Waals surface area (Å²) in [4.78, 5) is 29.1. The van der Waals surface area contributed by atoms with Crippen molar-refractivity contribution in [3.63, 3.8) is 0 Å². The lowest BCUT2D eigenvalue weighted by Gasteiger charge is -2.16. The zero-order chi connectivity index (χ0) is 21.7. The number of nitrogens with one attached hydrogen (secondary N) is 1. The summed E-state index contributed by atoms with van der Waals surface area (Å²) in [5, 5.41) is 7.82. The van der Waals surface area contributed by atoms with Crippen LogP contribution in [0.1, 0.15) is 24.8 Å². The molecule has 0 radical (unpaired) electrons. The smallest absolute Gasteiger partial charge is 0.418 e. The number of carbonyl (C=O) groups is 2. The number of nitrogens with zero attached hydrogens (tertiary/aromatic N) is 2. The third-order valence-electron chi connectivity index (χ3n) is 3.92. The third-order valence-corrected chi connectivity index (χ3v) is 4.79. The van der Waals surface area contributed by atoms with Crippen molar-refractivity contribution in [3.05, 3.63) is 53.2 Å². The van der Waals surface area contributed by atoms with Crippen LogP contribution in [0.3, 0.4) is 0 Å². The van der Waals surface area contributed by atoms with Gasteiger partial charge in [-0.1, -0.05) is 23.4 Å². The van der Waals surface area contributed by atoms with Gasteiger partial charge in [0.2, 0.25) is 11.7 Å². The summed E-state index contributed by atoms with van der Waals surface area (Å²) >= 11 is 1.44. The molecule has 0 saturated heterocycles. The van der Waals surface area contributed by atoms with Crippen LogP contribution in [0.4, 0.5) is 18.9 Å². The first-order chi connectivity index (χ1) is 14.2.